The normalized spacial score (nSPS) is 12.6. The van der Waals surface area contributed by atoms with E-state index < -0.39 is 0 Å². The first-order chi connectivity index (χ1) is 7.16. The molecule has 0 fully saturated rings. The zero-order valence-electron chi connectivity index (χ0n) is 11.6. The van der Waals surface area contributed by atoms with Gasteiger partial charge in [-0.1, -0.05) is 27.7 Å². The molecule has 0 saturated carbocycles. The van der Waals surface area contributed by atoms with E-state index in [0.29, 0.717) is 6.42 Å². The molecule has 0 aromatic heterocycles. The quantitative estimate of drug-likeness (QED) is 0.726. The van der Waals surface area contributed by atoms with Gasteiger partial charge < -0.3 is 5.32 Å². The van der Waals surface area contributed by atoms with Crippen LogP contribution in [0.3, 0.4) is 0 Å². The Balaban J connectivity index is 4.00. The molecule has 96 valence electrons. The van der Waals surface area contributed by atoms with Crippen molar-refractivity contribution in [1.29, 1.82) is 0 Å². The van der Waals surface area contributed by atoms with Crippen LogP contribution in [0.4, 0.5) is 0 Å². The fraction of sp³-hybridized carbons (Fsp3) is 0.923. The summed E-state index contributed by atoms with van der Waals surface area (Å²) in [5.74, 6) is 2.42. The average Bonchev–Trinajstić information content (AvgIpc) is 1.98. The van der Waals surface area contributed by atoms with Crippen LogP contribution in [0, 0.1) is 5.41 Å². The molecule has 0 radical (unpaired) electrons. The van der Waals surface area contributed by atoms with E-state index in [1.54, 1.807) is 0 Å². The van der Waals surface area contributed by atoms with E-state index in [2.05, 4.69) is 46.9 Å². The molecule has 1 amide bonds. The van der Waals surface area contributed by atoms with E-state index >= 15 is 0 Å². The van der Waals surface area contributed by atoms with E-state index in [-0.39, 0.29) is 16.9 Å². The molecule has 0 spiro atoms. The van der Waals surface area contributed by atoms with Crippen molar-refractivity contribution in [3.63, 3.8) is 0 Å². The molecule has 0 aliphatic carbocycles. The molecule has 16 heavy (non-hydrogen) atoms. The second-order valence-electron chi connectivity index (χ2n) is 6.12. The Morgan fingerprint density at radius 2 is 1.75 bits per heavy atom. The zero-order valence-corrected chi connectivity index (χ0v) is 12.5. The summed E-state index contributed by atoms with van der Waals surface area (Å²) in [4.78, 5) is 11.8. The first-order valence-corrected chi connectivity index (χ1v) is 7.20. The van der Waals surface area contributed by atoms with Gasteiger partial charge in [-0.25, -0.2) is 0 Å². The number of hydrogen-bond acceptors (Lipinski definition) is 2. The van der Waals surface area contributed by atoms with Gasteiger partial charge in [-0.3, -0.25) is 4.79 Å². The highest BCUT2D eigenvalue weighted by Crippen LogP contribution is 2.20. The maximum atomic E-state index is 11.8. The van der Waals surface area contributed by atoms with Gasteiger partial charge in [-0.05, 0) is 37.2 Å². The lowest BCUT2D eigenvalue weighted by molar-refractivity contribution is -0.124. The minimum atomic E-state index is -0.0789. The van der Waals surface area contributed by atoms with E-state index in [1.807, 2.05) is 11.8 Å². The fourth-order valence-corrected chi connectivity index (χ4v) is 2.38. The van der Waals surface area contributed by atoms with Crippen molar-refractivity contribution in [2.45, 2.75) is 59.9 Å². The molecule has 0 bridgehead atoms. The second kappa shape index (κ2) is 6.53. The minimum absolute atomic E-state index is 0.0678. The van der Waals surface area contributed by atoms with E-state index in [1.165, 1.54) is 0 Å². The average molecular weight is 245 g/mol. The first-order valence-electron chi connectivity index (χ1n) is 6.05. The zero-order chi connectivity index (χ0) is 12.8. The Kier molecular flexibility index (Phi) is 6.46. The lowest BCUT2D eigenvalue weighted by Crippen LogP contribution is -2.44. The number of hydrogen-bond donors (Lipinski definition) is 1. The third kappa shape index (κ3) is 9.08. The minimum Gasteiger partial charge on any atom is -0.351 e. The number of rotatable bonds is 6. The Morgan fingerprint density at radius 1 is 1.19 bits per heavy atom. The van der Waals surface area contributed by atoms with Crippen LogP contribution in [0.5, 0.6) is 0 Å². The predicted octanol–water partition coefficient (Wildman–Crippen LogP) is 3.46. The van der Waals surface area contributed by atoms with Gasteiger partial charge in [0.2, 0.25) is 5.91 Å². The Hall–Kier alpha value is -0.180. The predicted molar refractivity (Wildman–Crippen MR) is 73.9 cm³/mol. The fourth-order valence-electron chi connectivity index (χ4n) is 1.44. The number of thioether (sulfide) groups is 1. The molecule has 1 N–H and O–H groups in total. The molecule has 0 aliphatic heterocycles. The molecule has 0 aromatic rings. The lowest BCUT2D eigenvalue weighted by atomic mass is 9.91. The highest BCUT2D eigenvalue weighted by Gasteiger charge is 2.23. The first kappa shape index (κ1) is 15.8. The van der Waals surface area contributed by atoms with Crippen molar-refractivity contribution in [2.24, 2.45) is 5.41 Å². The van der Waals surface area contributed by atoms with Crippen molar-refractivity contribution >= 4 is 17.7 Å². The van der Waals surface area contributed by atoms with Crippen molar-refractivity contribution in [2.75, 3.05) is 11.5 Å². The molecule has 0 saturated heterocycles. The molecule has 0 atom stereocenters. The Bertz CT molecular complexity index is 218. The molecule has 0 heterocycles. The molecule has 3 heteroatoms. The smallest absolute Gasteiger partial charge is 0.220 e. The molecule has 0 aliphatic rings. The lowest BCUT2D eigenvalue weighted by Gasteiger charge is -2.28. The Morgan fingerprint density at radius 3 is 2.19 bits per heavy atom. The highest BCUT2D eigenvalue weighted by molar-refractivity contribution is 7.99. The number of carbonyl (C=O) groups excluding carboxylic acids is 1. The van der Waals surface area contributed by atoms with Gasteiger partial charge in [0.15, 0.2) is 0 Å². The van der Waals surface area contributed by atoms with Gasteiger partial charge >= 0.3 is 0 Å². The van der Waals surface area contributed by atoms with Gasteiger partial charge in [-0.15, -0.1) is 0 Å². The topological polar surface area (TPSA) is 29.1 Å². The number of nitrogens with one attached hydrogen (secondary N) is 1. The number of amides is 1. The summed E-state index contributed by atoms with van der Waals surface area (Å²) in [7, 11) is 0. The van der Waals surface area contributed by atoms with Crippen molar-refractivity contribution in [3.05, 3.63) is 0 Å². The van der Waals surface area contributed by atoms with Gasteiger partial charge in [0.25, 0.3) is 0 Å². The van der Waals surface area contributed by atoms with Crippen LogP contribution < -0.4 is 5.32 Å². The number of carbonyl (C=O) groups is 1. The highest BCUT2D eigenvalue weighted by atomic mass is 32.2. The summed E-state index contributed by atoms with van der Waals surface area (Å²) in [6.45, 7) is 12.6. The third-order valence-corrected chi connectivity index (χ3v) is 3.15. The van der Waals surface area contributed by atoms with Crippen LogP contribution in [0.25, 0.3) is 0 Å². The largest absolute Gasteiger partial charge is 0.351 e. The third-order valence-electron chi connectivity index (χ3n) is 2.24. The summed E-state index contributed by atoms with van der Waals surface area (Å²) in [5, 5.41) is 3.12. The van der Waals surface area contributed by atoms with Gasteiger partial charge in [0, 0.05) is 12.0 Å². The summed E-state index contributed by atoms with van der Waals surface area (Å²) in [6.07, 6.45) is 1.62. The van der Waals surface area contributed by atoms with E-state index in [0.717, 1.165) is 17.9 Å². The van der Waals surface area contributed by atoms with Crippen molar-refractivity contribution in [1.82, 2.24) is 5.32 Å². The van der Waals surface area contributed by atoms with Crippen molar-refractivity contribution < 1.29 is 4.79 Å². The summed E-state index contributed by atoms with van der Waals surface area (Å²) in [6, 6.07) is 0. The van der Waals surface area contributed by atoms with Crippen molar-refractivity contribution in [3.8, 4) is 0 Å². The van der Waals surface area contributed by atoms with Gasteiger partial charge in [-0.2, -0.15) is 11.8 Å². The molecular formula is C13H27NOS. The van der Waals surface area contributed by atoms with Crippen LogP contribution in [-0.4, -0.2) is 23.0 Å². The molecule has 0 aromatic carbocycles. The molecular weight excluding hydrogens is 218 g/mol. The van der Waals surface area contributed by atoms with E-state index in [9.17, 15) is 4.79 Å². The van der Waals surface area contributed by atoms with Gasteiger partial charge in [0.05, 0.1) is 0 Å². The molecule has 0 unspecified atom stereocenters. The monoisotopic (exact) mass is 245 g/mol. The second-order valence-corrected chi connectivity index (χ2v) is 7.51. The van der Waals surface area contributed by atoms with Gasteiger partial charge in [0.1, 0.15) is 0 Å². The van der Waals surface area contributed by atoms with Crippen LogP contribution in [-0.2, 0) is 4.79 Å². The molecule has 0 rings (SSSR count). The van der Waals surface area contributed by atoms with Crippen LogP contribution in [0.15, 0.2) is 0 Å². The Labute approximate surface area is 105 Å². The molecule has 2 nitrogen and oxygen atoms in total. The van der Waals surface area contributed by atoms with E-state index in [4.69, 9.17) is 0 Å². The maximum Gasteiger partial charge on any atom is 0.220 e. The summed E-state index contributed by atoms with van der Waals surface area (Å²) < 4.78 is 0. The van der Waals surface area contributed by atoms with Crippen LogP contribution in [0.1, 0.15) is 54.4 Å². The maximum absolute atomic E-state index is 11.8. The summed E-state index contributed by atoms with van der Waals surface area (Å²) in [5.41, 5.74) is -0.0111. The standard InChI is InChI=1S/C13H27NOS/c1-7-16-9-8-13(5,6)14-11(15)10-12(2,3)4/h7-10H2,1-6H3,(H,14,15). The van der Waals surface area contributed by atoms with Crippen LogP contribution >= 0.6 is 11.8 Å². The SMILES string of the molecule is CCSCCC(C)(C)NC(=O)CC(C)(C)C. The van der Waals surface area contributed by atoms with Crippen LogP contribution in [0.2, 0.25) is 0 Å². The summed E-state index contributed by atoms with van der Waals surface area (Å²) >= 11 is 1.92.